The van der Waals surface area contributed by atoms with E-state index in [0.29, 0.717) is 29.1 Å². The van der Waals surface area contributed by atoms with Gasteiger partial charge in [0, 0.05) is 17.1 Å². The summed E-state index contributed by atoms with van der Waals surface area (Å²) in [6.45, 7) is 0.589. The van der Waals surface area contributed by atoms with Gasteiger partial charge in [-0.3, -0.25) is 4.79 Å². The van der Waals surface area contributed by atoms with Gasteiger partial charge >= 0.3 is 6.18 Å². The Morgan fingerprint density at radius 1 is 1.08 bits per heavy atom. The molecule has 2 nitrogen and oxygen atoms in total. The van der Waals surface area contributed by atoms with E-state index in [0.717, 1.165) is 24.1 Å². The first-order valence-corrected chi connectivity index (χ1v) is 8.01. The van der Waals surface area contributed by atoms with Gasteiger partial charge in [0.15, 0.2) is 0 Å². The van der Waals surface area contributed by atoms with Gasteiger partial charge in [-0.15, -0.1) is 0 Å². The second kappa shape index (κ2) is 4.99. The first kappa shape index (κ1) is 15.5. The van der Waals surface area contributed by atoms with Gasteiger partial charge in [0.1, 0.15) is 0 Å². The smallest absolute Gasteiger partial charge is 0.325 e. The molecule has 0 saturated carbocycles. The lowest BCUT2D eigenvalue weighted by molar-refractivity contribution is -0.137. The number of alkyl halides is 3. The molecule has 1 atom stereocenters. The van der Waals surface area contributed by atoms with E-state index in [-0.39, 0.29) is 5.91 Å². The number of benzene rings is 2. The average molecular weight is 352 g/mol. The van der Waals surface area contributed by atoms with Crippen molar-refractivity contribution in [1.82, 2.24) is 4.90 Å². The highest BCUT2D eigenvalue weighted by Crippen LogP contribution is 2.51. The fraction of sp³-hybridized carbons (Fsp3) is 0.278. The minimum atomic E-state index is -4.38. The molecule has 1 amide bonds. The summed E-state index contributed by atoms with van der Waals surface area (Å²) in [6, 6.07) is 10.2. The largest absolute Gasteiger partial charge is 0.416 e. The lowest BCUT2D eigenvalue weighted by Gasteiger charge is -2.34. The lowest BCUT2D eigenvalue weighted by atomic mass is 9.81. The molecule has 1 saturated heterocycles. The van der Waals surface area contributed by atoms with E-state index in [1.165, 1.54) is 12.1 Å². The number of carbonyl (C=O) groups excluding carboxylic acids is 1. The van der Waals surface area contributed by atoms with Crippen molar-refractivity contribution in [1.29, 1.82) is 0 Å². The van der Waals surface area contributed by atoms with E-state index in [1.54, 1.807) is 23.1 Å². The Bertz CT molecular complexity index is 831. The van der Waals surface area contributed by atoms with Crippen LogP contribution in [-0.2, 0) is 11.7 Å². The normalized spacial score (nSPS) is 22.7. The van der Waals surface area contributed by atoms with Crippen LogP contribution in [0, 0.1) is 0 Å². The summed E-state index contributed by atoms with van der Waals surface area (Å²) in [5, 5.41) is 0.515. The van der Waals surface area contributed by atoms with Crippen LogP contribution in [0.5, 0.6) is 0 Å². The molecule has 2 aromatic rings. The highest BCUT2D eigenvalue weighted by atomic mass is 35.5. The van der Waals surface area contributed by atoms with Gasteiger partial charge in [0.05, 0.1) is 11.1 Å². The Balaban J connectivity index is 1.90. The third kappa shape index (κ3) is 2.00. The Morgan fingerprint density at radius 2 is 1.79 bits per heavy atom. The number of fused-ring (bicyclic) bond motifs is 3. The Morgan fingerprint density at radius 3 is 2.46 bits per heavy atom. The number of rotatable bonds is 1. The number of hydrogen-bond acceptors (Lipinski definition) is 1. The van der Waals surface area contributed by atoms with E-state index < -0.39 is 17.3 Å². The molecule has 1 fully saturated rings. The van der Waals surface area contributed by atoms with Crippen molar-refractivity contribution >= 4 is 17.5 Å². The van der Waals surface area contributed by atoms with Crippen molar-refractivity contribution in [3.63, 3.8) is 0 Å². The quantitative estimate of drug-likeness (QED) is 0.719. The molecule has 2 heterocycles. The number of hydrogen-bond donors (Lipinski definition) is 0. The van der Waals surface area contributed by atoms with E-state index in [9.17, 15) is 18.0 Å². The molecule has 0 N–H and O–H groups in total. The summed E-state index contributed by atoms with van der Waals surface area (Å²) in [6.07, 6.45) is -2.89. The van der Waals surface area contributed by atoms with Crippen LogP contribution >= 0.6 is 11.6 Å². The topological polar surface area (TPSA) is 20.3 Å². The summed E-state index contributed by atoms with van der Waals surface area (Å²) in [4.78, 5) is 14.5. The molecule has 0 aliphatic carbocycles. The molecular weight excluding hydrogens is 339 g/mol. The lowest BCUT2D eigenvalue weighted by Crippen LogP contribution is -2.39. The van der Waals surface area contributed by atoms with Gasteiger partial charge in [-0.05, 0) is 54.3 Å². The van der Waals surface area contributed by atoms with E-state index >= 15 is 0 Å². The van der Waals surface area contributed by atoms with Gasteiger partial charge in [0.25, 0.3) is 5.91 Å². The highest BCUT2D eigenvalue weighted by Gasteiger charge is 2.53. The molecule has 2 aliphatic heterocycles. The second-order valence-electron chi connectivity index (χ2n) is 6.19. The van der Waals surface area contributed by atoms with E-state index in [2.05, 4.69) is 0 Å². The number of amides is 1. The number of halogens is 4. The van der Waals surface area contributed by atoms with Crippen LogP contribution in [0.1, 0.15) is 39.9 Å². The van der Waals surface area contributed by atoms with Crippen LogP contribution in [0.3, 0.4) is 0 Å². The summed E-state index contributed by atoms with van der Waals surface area (Å²) < 4.78 is 38.5. The molecule has 0 spiro atoms. The summed E-state index contributed by atoms with van der Waals surface area (Å²) in [5.74, 6) is -0.0842. The molecule has 0 radical (unpaired) electrons. The zero-order chi connectivity index (χ0) is 17.1. The molecule has 1 unspecified atom stereocenters. The van der Waals surface area contributed by atoms with E-state index in [1.807, 2.05) is 0 Å². The van der Waals surface area contributed by atoms with Crippen molar-refractivity contribution in [2.24, 2.45) is 0 Å². The van der Waals surface area contributed by atoms with E-state index in [4.69, 9.17) is 11.6 Å². The summed E-state index contributed by atoms with van der Waals surface area (Å²) in [5.41, 5.74) is 0.669. The third-order valence-electron chi connectivity index (χ3n) is 4.97. The maximum atomic E-state index is 12.8. The van der Waals surface area contributed by atoms with Gasteiger partial charge in [-0.25, -0.2) is 0 Å². The maximum absolute atomic E-state index is 12.8. The number of nitrogens with zero attached hydrogens (tertiary/aromatic N) is 1. The van der Waals surface area contributed by atoms with Crippen molar-refractivity contribution in [2.45, 2.75) is 24.6 Å². The van der Waals surface area contributed by atoms with Gasteiger partial charge in [0.2, 0.25) is 0 Å². The molecule has 6 heteroatoms. The predicted molar refractivity (Wildman–Crippen MR) is 83.9 cm³/mol. The van der Waals surface area contributed by atoms with Gasteiger partial charge < -0.3 is 4.90 Å². The van der Waals surface area contributed by atoms with Crippen LogP contribution in [0.2, 0.25) is 5.02 Å². The maximum Gasteiger partial charge on any atom is 0.416 e. The summed E-state index contributed by atoms with van der Waals surface area (Å²) >= 11 is 6.12. The fourth-order valence-electron chi connectivity index (χ4n) is 3.95. The molecular formula is C18H13ClF3NO. The van der Waals surface area contributed by atoms with Crippen molar-refractivity contribution < 1.29 is 18.0 Å². The Labute approximate surface area is 141 Å². The van der Waals surface area contributed by atoms with Crippen LogP contribution in [0.15, 0.2) is 42.5 Å². The monoisotopic (exact) mass is 351 g/mol. The molecule has 0 bridgehead atoms. The fourth-order valence-corrected chi connectivity index (χ4v) is 4.13. The standard InChI is InChI=1S/C18H13ClF3NO/c19-13-6-7-14-15(10-13)17(8-1-9-23(17)16(14)24)11-2-4-12(5-3-11)18(20,21)22/h2-7,10H,1,8-9H2. The molecule has 24 heavy (non-hydrogen) atoms. The van der Waals surface area contributed by atoms with Crippen molar-refractivity contribution in [2.75, 3.05) is 6.54 Å². The highest BCUT2D eigenvalue weighted by molar-refractivity contribution is 6.30. The molecule has 4 rings (SSSR count). The zero-order valence-electron chi connectivity index (χ0n) is 12.5. The minimum absolute atomic E-state index is 0.0842. The molecule has 0 aromatic heterocycles. The first-order valence-electron chi connectivity index (χ1n) is 7.64. The van der Waals surface area contributed by atoms with Crippen LogP contribution < -0.4 is 0 Å². The van der Waals surface area contributed by atoms with Gasteiger partial charge in [-0.1, -0.05) is 23.7 Å². The predicted octanol–water partition coefficient (Wildman–Crippen LogP) is 4.85. The Kier molecular flexibility index (Phi) is 3.23. The molecule has 2 aliphatic rings. The zero-order valence-corrected chi connectivity index (χ0v) is 13.3. The van der Waals surface area contributed by atoms with Crippen molar-refractivity contribution in [3.8, 4) is 0 Å². The minimum Gasteiger partial charge on any atom is -0.325 e. The summed E-state index contributed by atoms with van der Waals surface area (Å²) in [7, 11) is 0. The van der Waals surface area contributed by atoms with Crippen LogP contribution in [0.25, 0.3) is 0 Å². The molecule has 124 valence electrons. The first-order chi connectivity index (χ1) is 11.3. The van der Waals surface area contributed by atoms with Crippen LogP contribution in [0.4, 0.5) is 13.2 Å². The van der Waals surface area contributed by atoms with Crippen LogP contribution in [-0.4, -0.2) is 17.4 Å². The van der Waals surface area contributed by atoms with Gasteiger partial charge in [-0.2, -0.15) is 13.2 Å². The van der Waals surface area contributed by atoms with Crippen molar-refractivity contribution in [3.05, 3.63) is 69.7 Å². The average Bonchev–Trinajstić information content (AvgIpc) is 3.07. The number of carbonyl (C=O) groups is 1. The second-order valence-corrected chi connectivity index (χ2v) is 6.62. The SMILES string of the molecule is O=C1c2ccc(Cl)cc2C2(c3ccc(C(F)(F)F)cc3)CCCN12. The molecule has 2 aromatic carbocycles. The Hall–Kier alpha value is -2.01. The third-order valence-corrected chi connectivity index (χ3v) is 5.21.